The van der Waals surface area contributed by atoms with Crippen LogP contribution in [0.5, 0.6) is 0 Å². The summed E-state index contributed by atoms with van der Waals surface area (Å²) in [5, 5.41) is 3.50. The number of epoxide rings is 1. The van der Waals surface area contributed by atoms with Crippen molar-refractivity contribution < 1.29 is 9.53 Å². The van der Waals surface area contributed by atoms with Crippen molar-refractivity contribution in [3.05, 3.63) is 0 Å². The van der Waals surface area contributed by atoms with Gasteiger partial charge in [-0.15, -0.1) is 0 Å². The van der Waals surface area contributed by atoms with Gasteiger partial charge in [0.2, 0.25) is 5.91 Å². The Bertz CT molecular complexity index is 251. The van der Waals surface area contributed by atoms with E-state index >= 15 is 0 Å². The summed E-state index contributed by atoms with van der Waals surface area (Å²) in [6.45, 7) is 2.80. The molecule has 4 nitrogen and oxygen atoms in total. The van der Waals surface area contributed by atoms with Gasteiger partial charge in [0.05, 0.1) is 18.8 Å². The topological polar surface area (TPSA) is 54.0 Å². The molecule has 2 aliphatic rings. The standard InChI is InChI=1S/C8H12N2O2S/c1-5-2-7(11)10-8(9-5)13-4-6-3-12-6/h5-6H,2-4H2,1H3,(H,9,10,11). The number of nitrogens with zero attached hydrogens (tertiary/aromatic N) is 1. The molecule has 2 unspecified atom stereocenters. The van der Waals surface area contributed by atoms with Crippen molar-refractivity contribution in [1.29, 1.82) is 0 Å². The lowest BCUT2D eigenvalue weighted by molar-refractivity contribution is -0.120. The van der Waals surface area contributed by atoms with E-state index in [9.17, 15) is 4.79 Å². The monoisotopic (exact) mass is 200 g/mol. The fourth-order valence-electron chi connectivity index (χ4n) is 1.13. The van der Waals surface area contributed by atoms with Gasteiger partial charge in [-0.25, -0.2) is 0 Å². The van der Waals surface area contributed by atoms with Gasteiger partial charge in [0, 0.05) is 12.2 Å². The van der Waals surface area contributed by atoms with Crippen LogP contribution in [0, 0.1) is 0 Å². The highest BCUT2D eigenvalue weighted by Gasteiger charge is 2.25. The number of ether oxygens (including phenoxy) is 1. The van der Waals surface area contributed by atoms with E-state index in [1.54, 1.807) is 11.8 Å². The predicted octanol–water partition coefficient (Wildman–Crippen LogP) is 0.383. The van der Waals surface area contributed by atoms with Gasteiger partial charge >= 0.3 is 0 Å². The van der Waals surface area contributed by atoms with Gasteiger partial charge in [-0.05, 0) is 6.92 Å². The van der Waals surface area contributed by atoms with Crippen LogP contribution in [0.25, 0.3) is 0 Å². The maximum atomic E-state index is 11.1. The average molecular weight is 200 g/mol. The molecular weight excluding hydrogens is 188 g/mol. The molecule has 72 valence electrons. The van der Waals surface area contributed by atoms with Crippen LogP contribution in [-0.2, 0) is 9.53 Å². The van der Waals surface area contributed by atoms with E-state index in [1.807, 2.05) is 6.92 Å². The second-order valence-electron chi connectivity index (χ2n) is 3.30. The normalized spacial score (nSPS) is 32.4. The first-order valence-electron chi connectivity index (χ1n) is 4.36. The average Bonchev–Trinajstić information content (AvgIpc) is 2.81. The molecule has 0 spiro atoms. The van der Waals surface area contributed by atoms with Gasteiger partial charge in [0.1, 0.15) is 0 Å². The summed E-state index contributed by atoms with van der Waals surface area (Å²) in [7, 11) is 0. The number of carbonyl (C=O) groups is 1. The fourth-order valence-corrected chi connectivity index (χ4v) is 2.10. The van der Waals surface area contributed by atoms with E-state index < -0.39 is 0 Å². The minimum Gasteiger partial charge on any atom is -0.372 e. The first-order valence-corrected chi connectivity index (χ1v) is 5.34. The van der Waals surface area contributed by atoms with Crippen LogP contribution in [0.15, 0.2) is 4.99 Å². The van der Waals surface area contributed by atoms with Gasteiger partial charge in [0.25, 0.3) is 0 Å². The number of hydrogen-bond donors (Lipinski definition) is 1. The molecule has 0 aromatic carbocycles. The summed E-state index contributed by atoms with van der Waals surface area (Å²) in [5.74, 6) is 0.966. The molecule has 0 aromatic rings. The molecule has 1 saturated heterocycles. The minimum atomic E-state index is 0.0710. The molecule has 5 heteroatoms. The van der Waals surface area contributed by atoms with Crippen LogP contribution < -0.4 is 5.32 Å². The van der Waals surface area contributed by atoms with Crippen molar-refractivity contribution in [1.82, 2.24) is 5.32 Å². The Balaban J connectivity index is 1.85. The number of rotatable bonds is 2. The highest BCUT2D eigenvalue weighted by Crippen LogP contribution is 2.18. The Morgan fingerprint density at radius 3 is 3.15 bits per heavy atom. The van der Waals surface area contributed by atoms with Crippen LogP contribution in [0.4, 0.5) is 0 Å². The Labute approximate surface area is 81.1 Å². The number of aliphatic imine (C=N–C) groups is 1. The van der Waals surface area contributed by atoms with Gasteiger partial charge in [0.15, 0.2) is 5.17 Å². The molecule has 2 atom stereocenters. The fraction of sp³-hybridized carbons (Fsp3) is 0.750. The van der Waals surface area contributed by atoms with Crippen molar-refractivity contribution in [2.45, 2.75) is 25.5 Å². The van der Waals surface area contributed by atoms with Crippen LogP contribution in [0.2, 0.25) is 0 Å². The Kier molecular flexibility index (Phi) is 2.55. The smallest absolute Gasteiger partial charge is 0.228 e. The Morgan fingerprint density at radius 2 is 2.54 bits per heavy atom. The van der Waals surface area contributed by atoms with E-state index in [2.05, 4.69) is 10.3 Å². The van der Waals surface area contributed by atoms with Crippen molar-refractivity contribution in [2.24, 2.45) is 4.99 Å². The minimum absolute atomic E-state index is 0.0710. The van der Waals surface area contributed by atoms with E-state index in [4.69, 9.17) is 4.74 Å². The lowest BCUT2D eigenvalue weighted by Crippen LogP contribution is -2.36. The molecule has 0 aliphatic carbocycles. The van der Waals surface area contributed by atoms with E-state index in [-0.39, 0.29) is 11.9 Å². The predicted molar refractivity (Wildman–Crippen MR) is 51.9 cm³/mol. The maximum absolute atomic E-state index is 11.1. The molecule has 13 heavy (non-hydrogen) atoms. The summed E-state index contributed by atoms with van der Waals surface area (Å²) >= 11 is 1.57. The quantitative estimate of drug-likeness (QED) is 0.656. The van der Waals surface area contributed by atoms with Crippen molar-refractivity contribution >= 4 is 22.8 Å². The van der Waals surface area contributed by atoms with E-state index in [1.165, 1.54) is 0 Å². The Hall–Kier alpha value is -0.550. The Morgan fingerprint density at radius 1 is 1.77 bits per heavy atom. The van der Waals surface area contributed by atoms with Crippen molar-refractivity contribution in [2.75, 3.05) is 12.4 Å². The molecule has 1 N–H and O–H groups in total. The largest absolute Gasteiger partial charge is 0.372 e. The number of amides is 1. The van der Waals surface area contributed by atoms with Gasteiger partial charge < -0.3 is 10.1 Å². The maximum Gasteiger partial charge on any atom is 0.228 e. The van der Waals surface area contributed by atoms with Crippen LogP contribution in [0.3, 0.4) is 0 Å². The van der Waals surface area contributed by atoms with E-state index in [0.29, 0.717) is 12.5 Å². The number of carbonyl (C=O) groups excluding carboxylic acids is 1. The number of amidine groups is 1. The number of thioether (sulfide) groups is 1. The third kappa shape index (κ3) is 2.70. The summed E-state index contributed by atoms with van der Waals surface area (Å²) in [5.41, 5.74) is 0. The molecular formula is C8H12N2O2S. The highest BCUT2D eigenvalue weighted by atomic mass is 32.2. The molecule has 1 fully saturated rings. The second kappa shape index (κ2) is 3.67. The first kappa shape index (κ1) is 9.02. The molecule has 0 saturated carbocycles. The molecule has 0 aromatic heterocycles. The van der Waals surface area contributed by atoms with E-state index in [0.717, 1.165) is 17.5 Å². The molecule has 1 amide bonds. The van der Waals surface area contributed by atoms with Crippen molar-refractivity contribution in [3.8, 4) is 0 Å². The number of hydrogen-bond acceptors (Lipinski definition) is 4. The molecule has 2 heterocycles. The SMILES string of the molecule is CC1CC(=O)NC(SCC2CO2)=N1. The zero-order valence-corrected chi connectivity index (χ0v) is 8.26. The van der Waals surface area contributed by atoms with Gasteiger partial charge in [-0.3, -0.25) is 9.79 Å². The summed E-state index contributed by atoms with van der Waals surface area (Å²) in [6, 6.07) is 0.122. The van der Waals surface area contributed by atoms with Crippen LogP contribution in [0.1, 0.15) is 13.3 Å². The van der Waals surface area contributed by atoms with Crippen molar-refractivity contribution in [3.63, 3.8) is 0 Å². The molecule has 2 aliphatic heterocycles. The zero-order chi connectivity index (χ0) is 9.26. The lowest BCUT2D eigenvalue weighted by Gasteiger charge is -2.16. The summed E-state index contributed by atoms with van der Waals surface area (Å²) in [4.78, 5) is 15.4. The third-order valence-electron chi connectivity index (χ3n) is 1.87. The molecule has 2 rings (SSSR count). The number of nitrogens with one attached hydrogen (secondary N) is 1. The molecule has 0 radical (unpaired) electrons. The van der Waals surface area contributed by atoms with Crippen LogP contribution >= 0.6 is 11.8 Å². The van der Waals surface area contributed by atoms with Gasteiger partial charge in [-0.2, -0.15) is 0 Å². The second-order valence-corrected chi connectivity index (χ2v) is 4.31. The zero-order valence-electron chi connectivity index (χ0n) is 7.45. The summed E-state index contributed by atoms with van der Waals surface area (Å²) in [6.07, 6.45) is 0.881. The lowest BCUT2D eigenvalue weighted by atomic mass is 10.2. The first-order chi connectivity index (χ1) is 6.24. The molecule has 0 bridgehead atoms. The highest BCUT2D eigenvalue weighted by molar-refractivity contribution is 8.13. The van der Waals surface area contributed by atoms with Crippen LogP contribution in [-0.4, -0.2) is 35.6 Å². The van der Waals surface area contributed by atoms with Gasteiger partial charge in [-0.1, -0.05) is 11.8 Å². The third-order valence-corrected chi connectivity index (χ3v) is 2.89. The summed E-state index contributed by atoms with van der Waals surface area (Å²) < 4.78 is 5.06.